The molecule has 0 aliphatic carbocycles. The first-order valence-electron chi connectivity index (χ1n) is 7.66. The molecule has 1 fully saturated rings. The summed E-state index contributed by atoms with van der Waals surface area (Å²) in [6.45, 7) is 4.93. The smallest absolute Gasteiger partial charge is 0.230 e. The standard InChI is InChI=1S/C16H18N4O2S/c1-11-17-16-20(18-11)15(21)14(23-16)13(12-5-3-2-4-6-12)19-7-9-22-10-8-19/h2-6,13,21H,7-10H2,1H3/t13-/m1/s1. The Labute approximate surface area is 138 Å². The van der Waals surface area contributed by atoms with Crippen molar-refractivity contribution in [3.63, 3.8) is 0 Å². The molecule has 1 atom stereocenters. The third-order valence-corrected chi connectivity index (χ3v) is 5.15. The van der Waals surface area contributed by atoms with Crippen LogP contribution in [0.1, 0.15) is 22.3 Å². The molecular weight excluding hydrogens is 312 g/mol. The molecule has 0 radical (unpaired) electrons. The van der Waals surface area contributed by atoms with Crippen molar-refractivity contribution in [1.29, 1.82) is 0 Å². The first-order valence-corrected chi connectivity index (χ1v) is 8.47. The minimum absolute atomic E-state index is 0.00564. The Morgan fingerprint density at radius 3 is 2.65 bits per heavy atom. The Morgan fingerprint density at radius 2 is 1.96 bits per heavy atom. The van der Waals surface area contributed by atoms with Gasteiger partial charge in [0.2, 0.25) is 10.8 Å². The normalized spacial score (nSPS) is 17.6. The Hall–Kier alpha value is -1.96. The SMILES string of the molecule is Cc1nc2sc([C@@H](c3ccccc3)N3CCOCC3)c(O)n2n1. The number of rotatable bonds is 3. The fraction of sp³-hybridized carbons (Fsp3) is 0.375. The molecule has 0 bridgehead atoms. The molecule has 0 saturated carbocycles. The molecule has 23 heavy (non-hydrogen) atoms. The predicted molar refractivity (Wildman–Crippen MR) is 87.9 cm³/mol. The number of hydrogen-bond acceptors (Lipinski definition) is 6. The molecule has 0 spiro atoms. The van der Waals surface area contributed by atoms with Crippen LogP contribution in [-0.2, 0) is 4.74 Å². The third-order valence-electron chi connectivity index (χ3n) is 4.08. The van der Waals surface area contributed by atoms with Gasteiger partial charge in [0.05, 0.1) is 24.1 Å². The summed E-state index contributed by atoms with van der Waals surface area (Å²) in [4.78, 5) is 8.34. The lowest BCUT2D eigenvalue weighted by Gasteiger charge is -2.34. The van der Waals surface area contributed by atoms with Crippen molar-refractivity contribution in [2.24, 2.45) is 0 Å². The molecule has 1 aromatic carbocycles. The maximum atomic E-state index is 10.7. The number of aromatic nitrogens is 3. The first kappa shape index (κ1) is 14.6. The van der Waals surface area contributed by atoms with Crippen molar-refractivity contribution >= 4 is 16.3 Å². The predicted octanol–water partition coefficient (Wildman–Crippen LogP) is 2.23. The van der Waals surface area contributed by atoms with Crippen molar-refractivity contribution < 1.29 is 9.84 Å². The van der Waals surface area contributed by atoms with Crippen LogP contribution in [0.5, 0.6) is 5.88 Å². The van der Waals surface area contributed by atoms with E-state index in [1.165, 1.54) is 15.9 Å². The van der Waals surface area contributed by atoms with Gasteiger partial charge < -0.3 is 9.84 Å². The van der Waals surface area contributed by atoms with Gasteiger partial charge in [-0.25, -0.2) is 4.98 Å². The summed E-state index contributed by atoms with van der Waals surface area (Å²) in [6, 6.07) is 10.3. The molecule has 1 aliphatic heterocycles. The number of ether oxygens (including phenoxy) is 1. The van der Waals surface area contributed by atoms with Crippen molar-refractivity contribution in [1.82, 2.24) is 19.5 Å². The van der Waals surface area contributed by atoms with Crippen LogP contribution in [0.2, 0.25) is 0 Å². The van der Waals surface area contributed by atoms with Gasteiger partial charge in [-0.2, -0.15) is 4.52 Å². The van der Waals surface area contributed by atoms with E-state index >= 15 is 0 Å². The molecule has 2 aromatic heterocycles. The summed E-state index contributed by atoms with van der Waals surface area (Å²) in [5.41, 5.74) is 1.16. The molecule has 3 aromatic rings. The number of thiazole rings is 1. The van der Waals surface area contributed by atoms with Gasteiger partial charge in [0.1, 0.15) is 5.82 Å². The monoisotopic (exact) mass is 330 g/mol. The molecule has 120 valence electrons. The second-order valence-electron chi connectivity index (χ2n) is 5.60. The van der Waals surface area contributed by atoms with Crippen LogP contribution >= 0.6 is 11.3 Å². The summed E-state index contributed by atoms with van der Waals surface area (Å²) < 4.78 is 7.01. The minimum atomic E-state index is -0.00564. The second-order valence-corrected chi connectivity index (χ2v) is 6.61. The van der Waals surface area contributed by atoms with E-state index in [1.54, 1.807) is 0 Å². The van der Waals surface area contributed by atoms with Crippen LogP contribution in [0.25, 0.3) is 4.96 Å². The number of fused-ring (bicyclic) bond motifs is 1. The lowest BCUT2D eigenvalue weighted by molar-refractivity contribution is 0.0241. The summed E-state index contributed by atoms with van der Waals surface area (Å²) >= 11 is 1.50. The maximum Gasteiger partial charge on any atom is 0.230 e. The molecule has 1 aliphatic rings. The Kier molecular flexibility index (Phi) is 3.76. The highest BCUT2D eigenvalue weighted by atomic mass is 32.1. The van der Waals surface area contributed by atoms with Gasteiger partial charge in [0, 0.05) is 13.1 Å². The number of hydrogen-bond donors (Lipinski definition) is 1. The van der Waals surface area contributed by atoms with Crippen LogP contribution in [0.3, 0.4) is 0 Å². The van der Waals surface area contributed by atoms with E-state index in [4.69, 9.17) is 4.74 Å². The van der Waals surface area contributed by atoms with Crippen molar-refractivity contribution in [3.05, 3.63) is 46.6 Å². The number of benzene rings is 1. The average molecular weight is 330 g/mol. The summed E-state index contributed by atoms with van der Waals surface area (Å²) in [5.74, 6) is 0.853. The molecule has 7 heteroatoms. The quantitative estimate of drug-likeness (QED) is 0.798. The highest BCUT2D eigenvalue weighted by Gasteiger charge is 2.30. The van der Waals surface area contributed by atoms with E-state index in [9.17, 15) is 5.11 Å². The van der Waals surface area contributed by atoms with Crippen LogP contribution in [-0.4, -0.2) is 50.9 Å². The molecule has 1 N–H and O–H groups in total. The number of nitrogens with zero attached hydrogens (tertiary/aromatic N) is 4. The Bertz CT molecular complexity index is 808. The average Bonchev–Trinajstić information content (AvgIpc) is 3.08. The van der Waals surface area contributed by atoms with Crippen molar-refractivity contribution in [2.75, 3.05) is 26.3 Å². The molecule has 1 saturated heterocycles. The fourth-order valence-electron chi connectivity index (χ4n) is 3.03. The Balaban J connectivity index is 1.82. The highest BCUT2D eigenvalue weighted by molar-refractivity contribution is 7.17. The van der Waals surface area contributed by atoms with Gasteiger partial charge in [-0.1, -0.05) is 41.7 Å². The Morgan fingerprint density at radius 1 is 1.22 bits per heavy atom. The lowest BCUT2D eigenvalue weighted by Crippen LogP contribution is -2.39. The van der Waals surface area contributed by atoms with Crippen molar-refractivity contribution in [3.8, 4) is 5.88 Å². The van der Waals surface area contributed by atoms with Gasteiger partial charge in [0.25, 0.3) is 0 Å². The maximum absolute atomic E-state index is 10.7. The zero-order valence-electron chi connectivity index (χ0n) is 12.8. The molecule has 6 nitrogen and oxygen atoms in total. The van der Waals surface area contributed by atoms with E-state index in [0.29, 0.717) is 19.0 Å². The number of morpholine rings is 1. The summed E-state index contributed by atoms with van der Waals surface area (Å²) in [6.07, 6.45) is 0. The van der Waals surface area contributed by atoms with E-state index in [2.05, 4.69) is 27.1 Å². The van der Waals surface area contributed by atoms with Gasteiger partial charge in [-0.3, -0.25) is 4.90 Å². The topological polar surface area (TPSA) is 62.9 Å². The number of aromatic hydroxyl groups is 1. The lowest BCUT2D eigenvalue weighted by atomic mass is 10.0. The third kappa shape index (κ3) is 2.60. The zero-order chi connectivity index (χ0) is 15.8. The highest BCUT2D eigenvalue weighted by Crippen LogP contribution is 2.39. The number of aryl methyl sites for hydroxylation is 1. The largest absolute Gasteiger partial charge is 0.492 e. The van der Waals surface area contributed by atoms with E-state index in [-0.39, 0.29) is 11.9 Å². The summed E-state index contributed by atoms with van der Waals surface area (Å²) in [7, 11) is 0. The fourth-order valence-corrected chi connectivity index (χ4v) is 4.19. The molecule has 0 unspecified atom stereocenters. The molecular formula is C16H18N4O2S. The summed E-state index contributed by atoms with van der Waals surface area (Å²) in [5, 5.41) is 15.0. The van der Waals surface area contributed by atoms with Gasteiger partial charge >= 0.3 is 0 Å². The molecule has 0 amide bonds. The van der Waals surface area contributed by atoms with E-state index in [0.717, 1.165) is 28.5 Å². The molecule has 3 heterocycles. The van der Waals surface area contributed by atoms with E-state index < -0.39 is 0 Å². The second kappa shape index (κ2) is 5.92. The molecule has 4 rings (SSSR count). The minimum Gasteiger partial charge on any atom is -0.492 e. The van der Waals surface area contributed by atoms with Gasteiger partial charge in [-0.15, -0.1) is 5.10 Å². The van der Waals surface area contributed by atoms with Gasteiger partial charge in [-0.05, 0) is 12.5 Å². The van der Waals surface area contributed by atoms with Crippen LogP contribution in [0, 0.1) is 6.92 Å². The zero-order valence-corrected chi connectivity index (χ0v) is 13.7. The first-order chi connectivity index (χ1) is 11.2. The van der Waals surface area contributed by atoms with Crippen molar-refractivity contribution in [2.45, 2.75) is 13.0 Å². The van der Waals surface area contributed by atoms with Crippen LogP contribution < -0.4 is 0 Å². The van der Waals surface area contributed by atoms with Crippen LogP contribution in [0.4, 0.5) is 0 Å². The van der Waals surface area contributed by atoms with Gasteiger partial charge in [0.15, 0.2) is 0 Å². The van der Waals surface area contributed by atoms with Crippen LogP contribution in [0.15, 0.2) is 30.3 Å². The van der Waals surface area contributed by atoms with E-state index in [1.807, 2.05) is 25.1 Å².